The summed E-state index contributed by atoms with van der Waals surface area (Å²) in [4.78, 5) is 5.83. The van der Waals surface area contributed by atoms with Gasteiger partial charge in [0.1, 0.15) is 10.4 Å². The molecule has 12 aromatic rings. The normalized spacial score (nSPS) is 12.0. The lowest BCUT2D eigenvalue weighted by Crippen LogP contribution is -2.09. The summed E-state index contributed by atoms with van der Waals surface area (Å²) in [5.74, 6) is 0. The van der Waals surface area contributed by atoms with E-state index >= 15 is 0 Å². The maximum Gasteiger partial charge on any atom is 0.214 e. The number of rotatable bonds is 6. The number of fused-ring (bicyclic) bond motifs is 11. The van der Waals surface area contributed by atoms with E-state index in [2.05, 4.69) is 202 Å². The van der Waals surface area contributed by atoms with Crippen molar-refractivity contribution in [3.05, 3.63) is 188 Å². The predicted molar refractivity (Wildman–Crippen MR) is 233 cm³/mol. The summed E-state index contributed by atoms with van der Waals surface area (Å²) in [5, 5.41) is 9.80. The van der Waals surface area contributed by atoms with Gasteiger partial charge in [0.25, 0.3) is 0 Å². The van der Waals surface area contributed by atoms with Gasteiger partial charge in [-0.3, -0.25) is 4.40 Å². The molecule has 0 aliphatic carbocycles. The molecule has 0 saturated heterocycles. The second kappa shape index (κ2) is 11.7. The van der Waals surface area contributed by atoms with Crippen molar-refractivity contribution in [2.24, 2.45) is 0 Å². The Bertz CT molecular complexity index is 3290. The fraction of sp³-hybridized carbons (Fsp3) is 0. The fourth-order valence-corrected chi connectivity index (χ4v) is 9.94. The van der Waals surface area contributed by atoms with Crippen molar-refractivity contribution in [3.63, 3.8) is 0 Å². The molecule has 0 spiro atoms. The van der Waals surface area contributed by atoms with Crippen LogP contribution in [0.5, 0.6) is 0 Å². The average molecular weight is 722 g/mol. The number of para-hydroxylation sites is 5. The number of hydrogen-bond donors (Lipinski definition) is 0. The van der Waals surface area contributed by atoms with Crippen LogP contribution >= 0.6 is 11.3 Å². The van der Waals surface area contributed by atoms with Gasteiger partial charge in [-0.25, -0.2) is 0 Å². The monoisotopic (exact) mass is 721 g/mol. The summed E-state index contributed by atoms with van der Waals surface area (Å²) in [6.45, 7) is 0. The summed E-state index contributed by atoms with van der Waals surface area (Å²) in [7, 11) is 0. The number of aromatic nitrogens is 1. The first kappa shape index (κ1) is 30.4. The first-order valence-electron chi connectivity index (χ1n) is 18.6. The molecule has 55 heavy (non-hydrogen) atoms. The molecule has 0 atom stereocenters. The van der Waals surface area contributed by atoms with Crippen LogP contribution in [0.1, 0.15) is 0 Å². The topological polar surface area (TPSA) is 24.0 Å². The number of hydrogen-bond acceptors (Lipinski definition) is 4. The molecule has 0 bridgehead atoms. The standard InChI is InChI=1S/C50H31N3OS/c1-5-14-34(15-6-1)51(35-16-7-2-8-17-35)38-25-24-32-30-45-43(29-33(32)28-38)47-42-23-13-22-41-46-40-27-26-39(31-44(40)54-49(46)53(48(41)42)50(47)55-45)52(36-18-9-3-10-19-36)37-20-11-4-12-21-37/h1-31H. The van der Waals surface area contributed by atoms with E-state index in [-0.39, 0.29) is 0 Å². The molecule has 12 rings (SSSR count). The van der Waals surface area contributed by atoms with Crippen LogP contribution in [0, 0.1) is 0 Å². The lowest BCUT2D eigenvalue weighted by atomic mass is 10.0. The van der Waals surface area contributed by atoms with Crippen molar-refractivity contribution in [3.8, 4) is 0 Å². The minimum absolute atomic E-state index is 0.879. The van der Waals surface area contributed by atoms with Gasteiger partial charge in [-0.15, -0.1) is 11.3 Å². The minimum atomic E-state index is 0.879. The first-order valence-corrected chi connectivity index (χ1v) is 19.4. The van der Waals surface area contributed by atoms with Gasteiger partial charge in [-0.1, -0.05) is 97.1 Å². The average Bonchev–Trinajstić information content (AvgIpc) is 3.97. The zero-order valence-corrected chi connectivity index (χ0v) is 30.4. The van der Waals surface area contributed by atoms with Crippen molar-refractivity contribution in [2.45, 2.75) is 0 Å². The van der Waals surface area contributed by atoms with Gasteiger partial charge in [-0.2, -0.15) is 0 Å². The van der Waals surface area contributed by atoms with Crippen molar-refractivity contribution in [1.29, 1.82) is 0 Å². The maximum absolute atomic E-state index is 6.95. The summed E-state index contributed by atoms with van der Waals surface area (Å²) in [5.41, 5.74) is 9.66. The predicted octanol–water partition coefficient (Wildman–Crippen LogP) is 14.9. The van der Waals surface area contributed by atoms with E-state index in [0.29, 0.717) is 0 Å². The van der Waals surface area contributed by atoms with Crippen LogP contribution in [-0.2, 0) is 0 Å². The van der Waals surface area contributed by atoms with E-state index in [1.165, 1.54) is 52.8 Å². The van der Waals surface area contributed by atoms with Gasteiger partial charge in [-0.05, 0) is 95.7 Å². The van der Waals surface area contributed by atoms with Crippen LogP contribution < -0.4 is 9.80 Å². The molecule has 0 amide bonds. The van der Waals surface area contributed by atoms with E-state index in [0.717, 1.165) is 50.8 Å². The van der Waals surface area contributed by atoms with E-state index in [1.54, 1.807) is 0 Å². The number of furan rings is 1. The second-order valence-corrected chi connectivity index (χ2v) is 15.2. The minimum Gasteiger partial charge on any atom is -0.439 e. The molecule has 4 aromatic heterocycles. The largest absolute Gasteiger partial charge is 0.439 e. The van der Waals surface area contributed by atoms with Gasteiger partial charge in [0.15, 0.2) is 0 Å². The maximum atomic E-state index is 6.95. The van der Waals surface area contributed by atoms with Gasteiger partial charge >= 0.3 is 0 Å². The van der Waals surface area contributed by atoms with Gasteiger partial charge < -0.3 is 14.2 Å². The van der Waals surface area contributed by atoms with Crippen molar-refractivity contribution >= 4 is 115 Å². The Hall–Kier alpha value is -7.08. The van der Waals surface area contributed by atoms with E-state index in [4.69, 9.17) is 4.42 Å². The molecule has 8 aromatic carbocycles. The molecule has 4 heterocycles. The molecule has 0 radical (unpaired) electrons. The first-order chi connectivity index (χ1) is 27.3. The number of benzene rings is 8. The molecule has 0 unspecified atom stereocenters. The Kier molecular flexibility index (Phi) is 6.47. The number of anilines is 6. The summed E-state index contributed by atoms with van der Waals surface area (Å²) in [6.07, 6.45) is 0. The quantitative estimate of drug-likeness (QED) is 0.171. The highest BCUT2D eigenvalue weighted by molar-refractivity contribution is 7.25. The van der Waals surface area contributed by atoms with Crippen LogP contribution in [0.3, 0.4) is 0 Å². The van der Waals surface area contributed by atoms with Gasteiger partial charge in [0, 0.05) is 71.8 Å². The smallest absolute Gasteiger partial charge is 0.214 e. The molecule has 0 aliphatic heterocycles. The summed E-state index contributed by atoms with van der Waals surface area (Å²) in [6, 6.07) is 67.2. The third-order valence-electron chi connectivity index (χ3n) is 11.0. The Morgan fingerprint density at radius 1 is 0.400 bits per heavy atom. The van der Waals surface area contributed by atoms with E-state index in [9.17, 15) is 0 Å². The van der Waals surface area contributed by atoms with Crippen LogP contribution in [0.4, 0.5) is 34.1 Å². The van der Waals surface area contributed by atoms with Crippen LogP contribution in [-0.4, -0.2) is 4.40 Å². The molecule has 0 N–H and O–H groups in total. The van der Waals surface area contributed by atoms with Crippen molar-refractivity contribution < 1.29 is 4.42 Å². The highest BCUT2D eigenvalue weighted by Crippen LogP contribution is 2.49. The Morgan fingerprint density at radius 2 is 0.945 bits per heavy atom. The lowest BCUT2D eigenvalue weighted by Gasteiger charge is -2.25. The number of thiophene rings is 1. The summed E-state index contributed by atoms with van der Waals surface area (Å²) >= 11 is 1.85. The third-order valence-corrected chi connectivity index (χ3v) is 12.2. The van der Waals surface area contributed by atoms with Crippen molar-refractivity contribution in [2.75, 3.05) is 9.80 Å². The van der Waals surface area contributed by atoms with Gasteiger partial charge in [0.2, 0.25) is 5.71 Å². The van der Waals surface area contributed by atoms with Crippen LogP contribution in [0.2, 0.25) is 0 Å². The SMILES string of the molecule is c1ccc(N(c2ccccc2)c2ccc3cc4sc5c(c4cc3c2)c2cccc3c4c6ccc(N(c7ccccc7)c7ccccc7)cc6oc4n5c32)cc1. The van der Waals surface area contributed by atoms with Crippen molar-refractivity contribution in [1.82, 2.24) is 4.40 Å². The van der Waals surface area contributed by atoms with E-state index in [1.807, 2.05) is 11.3 Å². The zero-order chi connectivity index (χ0) is 36.0. The molecule has 0 aliphatic rings. The third kappa shape index (κ3) is 4.51. The molecular formula is C50H31N3OS. The molecule has 0 fully saturated rings. The Labute approximate surface area is 320 Å². The second-order valence-electron chi connectivity index (χ2n) is 14.2. The number of nitrogens with zero attached hydrogens (tertiary/aromatic N) is 3. The Morgan fingerprint density at radius 3 is 1.55 bits per heavy atom. The highest BCUT2D eigenvalue weighted by atomic mass is 32.1. The summed E-state index contributed by atoms with van der Waals surface area (Å²) < 4.78 is 10.6. The molecule has 258 valence electrons. The molecule has 5 heteroatoms. The lowest BCUT2D eigenvalue weighted by molar-refractivity contribution is 0.652. The van der Waals surface area contributed by atoms with Crippen LogP contribution in [0.15, 0.2) is 192 Å². The Balaban J connectivity index is 1.06. The van der Waals surface area contributed by atoms with Gasteiger partial charge in [0.05, 0.1) is 10.9 Å². The fourth-order valence-electron chi connectivity index (χ4n) is 8.69. The molecular weight excluding hydrogens is 691 g/mol. The highest BCUT2D eigenvalue weighted by Gasteiger charge is 2.25. The zero-order valence-electron chi connectivity index (χ0n) is 29.6. The molecule has 0 saturated carbocycles. The van der Waals surface area contributed by atoms with E-state index < -0.39 is 0 Å². The molecule has 4 nitrogen and oxygen atoms in total. The van der Waals surface area contributed by atoms with Crippen LogP contribution in [0.25, 0.3) is 69.4 Å².